The largest absolute Gasteiger partial charge is 0.481 e. The number of rotatable bonds is 11. The summed E-state index contributed by atoms with van der Waals surface area (Å²) in [6.45, 7) is 1.53. The lowest BCUT2D eigenvalue weighted by atomic mass is 9.86. The fourth-order valence-corrected chi connectivity index (χ4v) is 5.57. The molecule has 1 aliphatic heterocycles. The van der Waals surface area contributed by atoms with Crippen molar-refractivity contribution in [3.05, 3.63) is 69.8 Å². The van der Waals surface area contributed by atoms with Crippen LogP contribution in [-0.2, 0) is 19.4 Å². The first kappa shape index (κ1) is 28.4. The predicted molar refractivity (Wildman–Crippen MR) is 135 cm³/mol. The monoisotopic (exact) mass is 546 g/mol. The summed E-state index contributed by atoms with van der Waals surface area (Å²) in [6, 6.07) is 9.30. The normalized spacial score (nSPS) is 17.6. The third kappa shape index (κ3) is 6.20. The molecule has 13 nitrogen and oxygen atoms in total. The number of benzene rings is 2. The van der Waals surface area contributed by atoms with Crippen LogP contribution >= 0.6 is 0 Å². The van der Waals surface area contributed by atoms with E-state index in [1.54, 1.807) is 0 Å². The molecule has 0 aromatic heterocycles. The van der Waals surface area contributed by atoms with E-state index in [0.717, 1.165) is 7.11 Å². The fraction of sp³-hybridized carbons (Fsp3) is 0.333. The number of carbonyl (C=O) groups is 3. The molecule has 0 aliphatic carbocycles. The summed E-state index contributed by atoms with van der Waals surface area (Å²) in [4.78, 5) is 52.3. The van der Waals surface area contributed by atoms with Gasteiger partial charge < -0.3 is 20.1 Å². The smallest absolute Gasteiger partial charge is 0.344 e. The number of nitro benzene ring substituents is 1. The van der Waals surface area contributed by atoms with Crippen LogP contribution in [0.4, 0.5) is 10.5 Å². The molecule has 2 unspecified atom stereocenters. The van der Waals surface area contributed by atoms with E-state index in [4.69, 9.17) is 0 Å². The zero-order valence-corrected chi connectivity index (χ0v) is 21.4. The van der Waals surface area contributed by atoms with E-state index in [0.29, 0.717) is 0 Å². The maximum atomic E-state index is 12.8. The number of esters is 1. The average Bonchev–Trinajstić information content (AvgIpc) is 2.88. The minimum Gasteiger partial charge on any atom is -0.481 e. The highest BCUT2D eigenvalue weighted by molar-refractivity contribution is 7.91. The third-order valence-electron chi connectivity index (χ3n) is 5.98. The summed E-state index contributed by atoms with van der Waals surface area (Å²) >= 11 is 0. The molecular weight excluding hydrogens is 520 g/mol. The van der Waals surface area contributed by atoms with Gasteiger partial charge in [-0.15, -0.1) is 0 Å². The maximum Gasteiger partial charge on any atom is 0.344 e. The number of carboxylic acids is 1. The summed E-state index contributed by atoms with van der Waals surface area (Å²) in [5.74, 6) is -3.76. The van der Waals surface area contributed by atoms with Gasteiger partial charge in [-0.2, -0.15) is 0 Å². The number of nitrogens with one attached hydrogen (secondary N) is 1. The standard InChI is InChI=1S/C24H26N4O9S/c1-15-20(22(29)30)21(16-7-5-8-17(13-16)28(33)34)27(24(32)26-15)12-6-11-25-14-38(35,36)19-10-4-3-9-18(19)23(31)37-2/h3-5,7-10,13,20-21,25H,6,11-12,14H2,1-2H3,(H,29,30). The number of urea groups is 1. The van der Waals surface area contributed by atoms with Crippen molar-refractivity contribution in [3.63, 3.8) is 0 Å². The molecule has 0 bridgehead atoms. The third-order valence-corrected chi connectivity index (χ3v) is 7.59. The lowest BCUT2D eigenvalue weighted by Crippen LogP contribution is -2.47. The second-order valence-electron chi connectivity index (χ2n) is 8.44. The summed E-state index contributed by atoms with van der Waals surface area (Å²) in [5.41, 5.74) is -0.00494. The van der Waals surface area contributed by atoms with Crippen molar-refractivity contribution >= 4 is 39.2 Å². The summed E-state index contributed by atoms with van der Waals surface area (Å²) < 4.78 is 30.2. The molecule has 2 amide bonds. The molecular formula is C24H26N4O9S. The zero-order chi connectivity index (χ0) is 28.0. The Morgan fingerprint density at radius 1 is 1.21 bits per heavy atom. The molecule has 202 valence electrons. The van der Waals surface area contributed by atoms with Crippen LogP contribution in [0.25, 0.3) is 0 Å². The summed E-state index contributed by atoms with van der Waals surface area (Å²) in [7, 11) is -2.77. The van der Waals surface area contributed by atoms with Crippen molar-refractivity contribution in [3.8, 4) is 0 Å². The number of sulfone groups is 1. The molecule has 2 N–H and O–H groups in total. The van der Waals surface area contributed by atoms with Crippen molar-refractivity contribution < 1.29 is 37.6 Å². The van der Waals surface area contributed by atoms with Crippen LogP contribution in [0.1, 0.15) is 35.3 Å². The molecule has 0 radical (unpaired) electrons. The van der Waals surface area contributed by atoms with E-state index < -0.39 is 50.6 Å². The van der Waals surface area contributed by atoms with Gasteiger partial charge in [0.2, 0.25) is 0 Å². The molecule has 0 saturated carbocycles. The SMILES string of the molecule is COC(=O)c1ccccc1S(=O)(=O)CNCCCN1C(=O)N=C(C)C(C(=O)O)C1c1cccc([N+](=O)[O-])c1. The Hall–Kier alpha value is -4.17. The van der Waals surface area contributed by atoms with E-state index in [9.17, 15) is 38.0 Å². The van der Waals surface area contributed by atoms with Gasteiger partial charge >= 0.3 is 18.0 Å². The molecule has 3 rings (SSSR count). The number of hydrogen-bond acceptors (Lipinski definition) is 9. The number of ether oxygens (including phenoxy) is 1. The highest BCUT2D eigenvalue weighted by atomic mass is 32.2. The fourth-order valence-electron chi connectivity index (χ4n) is 4.23. The molecule has 2 aromatic rings. The first-order valence-electron chi connectivity index (χ1n) is 11.4. The Morgan fingerprint density at radius 2 is 1.92 bits per heavy atom. The predicted octanol–water partition coefficient (Wildman–Crippen LogP) is 2.43. The molecule has 2 atom stereocenters. The van der Waals surface area contributed by atoms with Crippen molar-refractivity contribution in [2.75, 3.05) is 26.1 Å². The molecule has 0 saturated heterocycles. The van der Waals surface area contributed by atoms with Crippen LogP contribution in [0.15, 0.2) is 58.4 Å². The van der Waals surface area contributed by atoms with E-state index in [1.165, 1.54) is 60.4 Å². The summed E-state index contributed by atoms with van der Waals surface area (Å²) in [5, 5.41) is 23.9. The van der Waals surface area contributed by atoms with Gasteiger partial charge in [0, 0.05) is 24.4 Å². The van der Waals surface area contributed by atoms with Gasteiger partial charge in [0.05, 0.1) is 28.5 Å². The number of carbonyl (C=O) groups excluding carboxylic acids is 2. The first-order valence-corrected chi connectivity index (χ1v) is 13.1. The average molecular weight is 547 g/mol. The van der Waals surface area contributed by atoms with Gasteiger partial charge in [0.25, 0.3) is 5.69 Å². The number of aliphatic carboxylic acids is 1. The van der Waals surface area contributed by atoms with Crippen LogP contribution in [0, 0.1) is 16.0 Å². The van der Waals surface area contributed by atoms with Gasteiger partial charge in [-0.1, -0.05) is 24.3 Å². The lowest BCUT2D eigenvalue weighted by molar-refractivity contribution is -0.385. The van der Waals surface area contributed by atoms with Crippen molar-refractivity contribution in [1.82, 2.24) is 10.2 Å². The highest BCUT2D eigenvalue weighted by Crippen LogP contribution is 2.35. The van der Waals surface area contributed by atoms with Crippen LogP contribution in [0.5, 0.6) is 0 Å². The number of aliphatic imine (C=N–C) groups is 1. The Balaban J connectivity index is 1.74. The van der Waals surface area contributed by atoms with Crippen molar-refractivity contribution in [2.24, 2.45) is 10.9 Å². The Bertz CT molecular complexity index is 1390. The first-order chi connectivity index (χ1) is 18.0. The van der Waals surface area contributed by atoms with Gasteiger partial charge in [-0.05, 0) is 37.6 Å². The van der Waals surface area contributed by atoms with Gasteiger partial charge in [-0.3, -0.25) is 14.9 Å². The van der Waals surface area contributed by atoms with Crippen LogP contribution in [0.3, 0.4) is 0 Å². The highest BCUT2D eigenvalue weighted by Gasteiger charge is 2.42. The molecule has 1 aliphatic rings. The number of hydrogen-bond donors (Lipinski definition) is 2. The number of non-ortho nitro benzene ring substituents is 1. The van der Waals surface area contributed by atoms with Crippen LogP contribution in [0.2, 0.25) is 0 Å². The van der Waals surface area contributed by atoms with Crippen molar-refractivity contribution in [1.29, 1.82) is 0 Å². The van der Waals surface area contributed by atoms with Crippen LogP contribution < -0.4 is 5.32 Å². The quantitative estimate of drug-likeness (QED) is 0.183. The Kier molecular flexibility index (Phi) is 8.91. The Labute approximate surface area is 218 Å². The van der Waals surface area contributed by atoms with Gasteiger partial charge in [0.15, 0.2) is 9.84 Å². The number of nitrogens with zero attached hydrogens (tertiary/aromatic N) is 3. The van der Waals surface area contributed by atoms with Gasteiger partial charge in [-0.25, -0.2) is 23.0 Å². The van der Waals surface area contributed by atoms with E-state index in [-0.39, 0.29) is 46.9 Å². The second kappa shape index (κ2) is 11.9. The number of methoxy groups -OCH3 is 1. The van der Waals surface area contributed by atoms with E-state index in [1.807, 2.05) is 0 Å². The van der Waals surface area contributed by atoms with Gasteiger partial charge in [0.1, 0.15) is 11.8 Å². The number of amides is 2. The topological polar surface area (TPSA) is 186 Å². The van der Waals surface area contributed by atoms with Crippen LogP contribution in [-0.4, -0.2) is 73.1 Å². The molecule has 0 fully saturated rings. The van der Waals surface area contributed by atoms with Crippen molar-refractivity contribution in [2.45, 2.75) is 24.3 Å². The zero-order valence-electron chi connectivity index (χ0n) is 20.6. The molecule has 0 spiro atoms. The lowest BCUT2D eigenvalue weighted by Gasteiger charge is -2.37. The Morgan fingerprint density at radius 3 is 2.58 bits per heavy atom. The van der Waals surface area contributed by atoms with E-state index in [2.05, 4.69) is 15.0 Å². The number of carboxylic acid groups (broad SMARTS) is 1. The number of nitro groups is 1. The molecule has 2 aromatic carbocycles. The van der Waals surface area contributed by atoms with E-state index >= 15 is 0 Å². The maximum absolute atomic E-state index is 12.8. The molecule has 1 heterocycles. The minimum atomic E-state index is -3.91. The second-order valence-corrected chi connectivity index (χ2v) is 10.4. The molecule has 14 heteroatoms. The summed E-state index contributed by atoms with van der Waals surface area (Å²) in [6.07, 6.45) is 0.215. The molecule has 38 heavy (non-hydrogen) atoms. The minimum absolute atomic E-state index is 0.00144.